The van der Waals surface area contributed by atoms with E-state index in [1.165, 1.54) is 11.0 Å². The van der Waals surface area contributed by atoms with E-state index in [0.29, 0.717) is 22.0 Å². The minimum Gasteiger partial charge on any atom is -0.493 e. The lowest BCUT2D eigenvalue weighted by Crippen LogP contribution is -1.97. The van der Waals surface area contributed by atoms with Gasteiger partial charge in [-0.25, -0.2) is 0 Å². The Kier molecular flexibility index (Phi) is 4.36. The van der Waals surface area contributed by atoms with Gasteiger partial charge in [0.05, 0.1) is 27.5 Å². The lowest BCUT2D eigenvalue weighted by atomic mass is 10.2. The van der Waals surface area contributed by atoms with Crippen LogP contribution in [0.2, 0.25) is 0 Å². The van der Waals surface area contributed by atoms with Gasteiger partial charge in [-0.2, -0.15) is 14.9 Å². The molecule has 0 saturated carbocycles. The van der Waals surface area contributed by atoms with Crippen LogP contribution in [0.4, 0.5) is 0 Å². The van der Waals surface area contributed by atoms with Gasteiger partial charge in [0.1, 0.15) is 6.33 Å². The molecule has 0 aliphatic rings. The van der Waals surface area contributed by atoms with Gasteiger partial charge >= 0.3 is 0 Å². The zero-order chi connectivity index (χ0) is 14.5. The summed E-state index contributed by atoms with van der Waals surface area (Å²) >= 11 is 5.00. The van der Waals surface area contributed by atoms with E-state index in [2.05, 4.69) is 15.3 Å². The van der Waals surface area contributed by atoms with Crippen molar-refractivity contribution in [2.45, 2.75) is 0 Å². The van der Waals surface area contributed by atoms with E-state index in [1.54, 1.807) is 39.7 Å². The third-order valence-electron chi connectivity index (χ3n) is 2.55. The summed E-state index contributed by atoms with van der Waals surface area (Å²) in [4.78, 5) is 0. The Morgan fingerprint density at radius 2 is 1.85 bits per heavy atom. The maximum absolute atomic E-state index is 5.27. The third kappa shape index (κ3) is 2.80. The highest BCUT2D eigenvalue weighted by molar-refractivity contribution is 7.71. The second-order valence-electron chi connectivity index (χ2n) is 3.71. The fourth-order valence-corrected chi connectivity index (χ4v) is 1.78. The number of H-pyrrole nitrogens is 1. The Bertz CT molecular complexity index is 652. The molecule has 1 heterocycles. The molecule has 7 nitrogen and oxygen atoms in total. The summed E-state index contributed by atoms with van der Waals surface area (Å²) in [6.07, 6.45) is 3.10. The quantitative estimate of drug-likeness (QED) is 0.673. The lowest BCUT2D eigenvalue weighted by Gasteiger charge is -2.12. The van der Waals surface area contributed by atoms with Gasteiger partial charge in [0.2, 0.25) is 10.5 Å². The van der Waals surface area contributed by atoms with Crippen LogP contribution >= 0.6 is 12.2 Å². The van der Waals surface area contributed by atoms with Crippen molar-refractivity contribution in [1.29, 1.82) is 0 Å². The Morgan fingerprint density at radius 1 is 1.20 bits per heavy atom. The summed E-state index contributed by atoms with van der Waals surface area (Å²) < 4.78 is 17.6. The molecule has 106 valence electrons. The van der Waals surface area contributed by atoms with Crippen LogP contribution in [0.3, 0.4) is 0 Å². The maximum Gasteiger partial charge on any atom is 0.216 e. The molecular formula is C12H14N4O3S. The number of hydrogen-bond acceptors (Lipinski definition) is 6. The van der Waals surface area contributed by atoms with Gasteiger partial charge in [0.25, 0.3) is 0 Å². The highest BCUT2D eigenvalue weighted by Gasteiger charge is 2.12. The molecule has 0 fully saturated rings. The molecule has 1 aromatic carbocycles. The predicted octanol–water partition coefficient (Wildman–Crippen LogP) is 1.85. The molecule has 0 spiro atoms. The van der Waals surface area contributed by atoms with E-state index in [1.807, 2.05) is 0 Å². The molecule has 20 heavy (non-hydrogen) atoms. The third-order valence-corrected chi connectivity index (χ3v) is 2.83. The number of benzene rings is 1. The molecule has 8 heteroatoms. The smallest absolute Gasteiger partial charge is 0.216 e. The topological polar surface area (TPSA) is 73.7 Å². The predicted molar refractivity (Wildman–Crippen MR) is 76.5 cm³/mol. The Morgan fingerprint density at radius 3 is 2.30 bits per heavy atom. The van der Waals surface area contributed by atoms with Gasteiger partial charge in [-0.1, -0.05) is 0 Å². The van der Waals surface area contributed by atoms with Crippen molar-refractivity contribution in [2.24, 2.45) is 5.10 Å². The molecule has 1 N–H and O–H groups in total. The van der Waals surface area contributed by atoms with Crippen LogP contribution in [0.15, 0.2) is 23.6 Å². The van der Waals surface area contributed by atoms with Crippen molar-refractivity contribution < 1.29 is 14.2 Å². The molecule has 0 aliphatic heterocycles. The summed E-state index contributed by atoms with van der Waals surface area (Å²) in [6.45, 7) is 0. The summed E-state index contributed by atoms with van der Waals surface area (Å²) in [5, 5.41) is 10.6. The first-order valence-corrected chi connectivity index (χ1v) is 6.06. The molecule has 0 unspecified atom stereocenters. The SMILES string of the molecule is COc1cc(/C=N/n2cn[nH]c2=S)cc(OC)c1OC. The Labute approximate surface area is 120 Å². The van der Waals surface area contributed by atoms with Crippen LogP contribution in [0.1, 0.15) is 5.56 Å². The van der Waals surface area contributed by atoms with Crippen LogP contribution < -0.4 is 14.2 Å². The van der Waals surface area contributed by atoms with E-state index >= 15 is 0 Å². The van der Waals surface area contributed by atoms with Crippen molar-refractivity contribution in [3.8, 4) is 17.2 Å². The summed E-state index contributed by atoms with van der Waals surface area (Å²) in [5.41, 5.74) is 0.780. The van der Waals surface area contributed by atoms with Crippen molar-refractivity contribution in [3.63, 3.8) is 0 Å². The molecule has 0 aliphatic carbocycles. The van der Waals surface area contributed by atoms with Gasteiger partial charge in [-0.05, 0) is 24.4 Å². The number of nitrogens with one attached hydrogen (secondary N) is 1. The van der Waals surface area contributed by atoms with Crippen molar-refractivity contribution >= 4 is 18.4 Å². The number of nitrogens with zero attached hydrogens (tertiary/aromatic N) is 3. The normalized spacial score (nSPS) is 10.8. The number of hydrogen-bond donors (Lipinski definition) is 1. The molecular weight excluding hydrogens is 280 g/mol. The fourth-order valence-electron chi connectivity index (χ4n) is 1.63. The minimum absolute atomic E-state index is 0.411. The molecule has 0 amide bonds. The average Bonchev–Trinajstić information content (AvgIpc) is 2.89. The number of rotatable bonds is 5. The van der Waals surface area contributed by atoms with E-state index in [9.17, 15) is 0 Å². The first-order chi connectivity index (χ1) is 9.69. The monoisotopic (exact) mass is 294 g/mol. The number of aromatic nitrogens is 3. The Balaban J connectivity index is 2.40. The van der Waals surface area contributed by atoms with Gasteiger partial charge in [-0.15, -0.1) is 0 Å². The maximum atomic E-state index is 5.27. The van der Waals surface area contributed by atoms with Crippen LogP contribution in [-0.2, 0) is 0 Å². The molecule has 1 aromatic heterocycles. The van der Waals surface area contributed by atoms with E-state index in [-0.39, 0.29) is 0 Å². The number of ether oxygens (including phenoxy) is 3. The average molecular weight is 294 g/mol. The number of aromatic amines is 1. The highest BCUT2D eigenvalue weighted by atomic mass is 32.1. The van der Waals surface area contributed by atoms with Gasteiger partial charge in [0, 0.05) is 5.56 Å². The molecule has 0 radical (unpaired) electrons. The first-order valence-electron chi connectivity index (χ1n) is 5.66. The molecule has 0 bridgehead atoms. The van der Waals surface area contributed by atoms with Crippen LogP contribution in [0, 0.1) is 4.77 Å². The summed E-state index contributed by atoms with van der Waals surface area (Å²) in [7, 11) is 4.67. The zero-order valence-electron chi connectivity index (χ0n) is 11.3. The molecule has 2 rings (SSSR count). The number of methoxy groups -OCH3 is 3. The van der Waals surface area contributed by atoms with Crippen molar-refractivity contribution in [2.75, 3.05) is 21.3 Å². The largest absolute Gasteiger partial charge is 0.493 e. The molecule has 2 aromatic rings. The summed E-state index contributed by atoms with van der Waals surface area (Å²) in [6, 6.07) is 3.57. The fraction of sp³-hybridized carbons (Fsp3) is 0.250. The van der Waals surface area contributed by atoms with E-state index in [4.69, 9.17) is 26.4 Å². The van der Waals surface area contributed by atoms with E-state index < -0.39 is 0 Å². The van der Waals surface area contributed by atoms with Crippen molar-refractivity contribution in [3.05, 3.63) is 28.8 Å². The van der Waals surface area contributed by atoms with Gasteiger partial charge in [-0.3, -0.25) is 5.10 Å². The van der Waals surface area contributed by atoms with Crippen LogP contribution in [-0.4, -0.2) is 42.4 Å². The van der Waals surface area contributed by atoms with Gasteiger partial charge < -0.3 is 14.2 Å². The van der Waals surface area contributed by atoms with Gasteiger partial charge in [0.15, 0.2) is 11.5 Å². The van der Waals surface area contributed by atoms with Crippen LogP contribution in [0.25, 0.3) is 0 Å². The highest BCUT2D eigenvalue weighted by Crippen LogP contribution is 2.37. The second-order valence-corrected chi connectivity index (χ2v) is 4.10. The molecule has 0 atom stereocenters. The van der Waals surface area contributed by atoms with Crippen LogP contribution in [0.5, 0.6) is 17.2 Å². The van der Waals surface area contributed by atoms with E-state index in [0.717, 1.165) is 5.56 Å². The molecule has 0 saturated heterocycles. The first kappa shape index (κ1) is 14.1. The van der Waals surface area contributed by atoms with Crippen molar-refractivity contribution in [1.82, 2.24) is 14.9 Å². The second kappa shape index (κ2) is 6.20. The minimum atomic E-state index is 0.411. The zero-order valence-corrected chi connectivity index (χ0v) is 12.1. The standard InChI is InChI=1S/C12H14N4O3S/c1-17-9-4-8(5-10(18-2)11(9)19-3)6-14-16-7-13-15-12(16)20/h4-7H,1-3H3,(H,15,20)/b14-6+. The lowest BCUT2D eigenvalue weighted by molar-refractivity contribution is 0.324. The summed E-state index contributed by atoms with van der Waals surface area (Å²) in [5.74, 6) is 1.65. The Hall–Kier alpha value is -2.35.